The van der Waals surface area contributed by atoms with Crippen molar-refractivity contribution in [1.82, 2.24) is 9.88 Å². The zero-order valence-corrected chi connectivity index (χ0v) is 13.3. The lowest BCUT2D eigenvalue weighted by molar-refractivity contribution is 0.160. The molecule has 0 saturated carbocycles. The van der Waals surface area contributed by atoms with Crippen LogP contribution in [0.2, 0.25) is 0 Å². The largest absolute Gasteiger partial charge is 0.388 e. The van der Waals surface area contributed by atoms with Gasteiger partial charge in [0.15, 0.2) is 5.13 Å². The van der Waals surface area contributed by atoms with Crippen LogP contribution in [0, 0.1) is 5.92 Å². The van der Waals surface area contributed by atoms with Crippen LogP contribution in [0.1, 0.15) is 43.4 Å². The molecule has 0 radical (unpaired) electrons. The van der Waals surface area contributed by atoms with Gasteiger partial charge in [-0.25, -0.2) is 4.98 Å². The highest BCUT2D eigenvalue weighted by atomic mass is 32.1. The summed E-state index contributed by atoms with van der Waals surface area (Å²) in [5, 5.41) is 11.2. The number of aliphatic hydroxyl groups is 1. The lowest BCUT2D eigenvalue weighted by Gasteiger charge is -2.35. The number of aryl methyl sites for hydroxylation is 1. The van der Waals surface area contributed by atoms with E-state index in [0.29, 0.717) is 0 Å². The Morgan fingerprint density at radius 3 is 2.70 bits per heavy atom. The molecule has 1 saturated heterocycles. The second-order valence-corrected chi connectivity index (χ2v) is 7.41. The molecular weight excluding hydrogens is 270 g/mol. The molecule has 1 N–H and O–H groups in total. The Hall–Kier alpha value is -0.650. The molecule has 20 heavy (non-hydrogen) atoms. The maximum atomic E-state index is 10.1. The molecule has 5 heteroatoms. The van der Waals surface area contributed by atoms with Crippen LogP contribution in [-0.2, 0) is 6.42 Å². The number of thiazole rings is 1. The predicted molar refractivity (Wildman–Crippen MR) is 83.5 cm³/mol. The van der Waals surface area contributed by atoms with Crippen molar-refractivity contribution < 1.29 is 5.11 Å². The Balaban J connectivity index is 1.64. The first-order valence-corrected chi connectivity index (χ1v) is 8.60. The van der Waals surface area contributed by atoms with Crippen molar-refractivity contribution in [2.75, 3.05) is 37.6 Å². The van der Waals surface area contributed by atoms with Gasteiger partial charge in [-0.15, -0.1) is 0 Å². The number of piperazine rings is 1. The monoisotopic (exact) mass is 295 g/mol. The SMILES string of the molecule is CC(C)CN1CCN(c2nc3c(s2)C(O)CCC3)CC1. The van der Waals surface area contributed by atoms with Crippen molar-refractivity contribution in [3.8, 4) is 0 Å². The summed E-state index contributed by atoms with van der Waals surface area (Å²) >= 11 is 1.71. The number of anilines is 1. The second kappa shape index (κ2) is 6.00. The average Bonchev–Trinajstić information content (AvgIpc) is 2.84. The van der Waals surface area contributed by atoms with E-state index in [-0.39, 0.29) is 6.10 Å². The predicted octanol–water partition coefficient (Wildman–Crippen LogP) is 2.29. The Morgan fingerprint density at radius 2 is 2.05 bits per heavy atom. The first kappa shape index (κ1) is 14.3. The molecule has 0 bridgehead atoms. The van der Waals surface area contributed by atoms with Crippen molar-refractivity contribution >= 4 is 16.5 Å². The third kappa shape index (κ3) is 3.00. The Bertz CT molecular complexity index is 452. The fourth-order valence-corrected chi connectivity index (χ4v) is 4.34. The lowest BCUT2D eigenvalue weighted by Crippen LogP contribution is -2.47. The van der Waals surface area contributed by atoms with E-state index in [1.165, 1.54) is 6.54 Å². The molecular formula is C15H25N3OS. The summed E-state index contributed by atoms with van der Waals surface area (Å²) in [6.45, 7) is 10.1. The van der Waals surface area contributed by atoms with E-state index in [9.17, 15) is 5.11 Å². The van der Waals surface area contributed by atoms with Crippen LogP contribution in [0.4, 0.5) is 5.13 Å². The van der Waals surface area contributed by atoms with Gasteiger partial charge in [-0.05, 0) is 25.2 Å². The van der Waals surface area contributed by atoms with Gasteiger partial charge in [0.1, 0.15) is 0 Å². The Morgan fingerprint density at radius 1 is 1.30 bits per heavy atom. The van der Waals surface area contributed by atoms with E-state index in [4.69, 9.17) is 4.98 Å². The van der Waals surface area contributed by atoms with E-state index < -0.39 is 0 Å². The van der Waals surface area contributed by atoms with Crippen LogP contribution in [0.3, 0.4) is 0 Å². The Kier molecular flexibility index (Phi) is 4.29. The minimum atomic E-state index is -0.271. The molecule has 0 aromatic carbocycles. The fraction of sp³-hybridized carbons (Fsp3) is 0.800. The summed E-state index contributed by atoms with van der Waals surface area (Å²) < 4.78 is 0. The molecule has 1 unspecified atom stereocenters. The minimum Gasteiger partial charge on any atom is -0.388 e. The summed E-state index contributed by atoms with van der Waals surface area (Å²) in [6, 6.07) is 0. The number of hydrogen-bond acceptors (Lipinski definition) is 5. The maximum Gasteiger partial charge on any atom is 0.185 e. The summed E-state index contributed by atoms with van der Waals surface area (Å²) in [5.41, 5.74) is 1.15. The van der Waals surface area contributed by atoms with Gasteiger partial charge in [-0.2, -0.15) is 0 Å². The molecule has 1 aromatic heterocycles. The van der Waals surface area contributed by atoms with Gasteiger partial charge in [-0.1, -0.05) is 25.2 Å². The van der Waals surface area contributed by atoms with E-state index in [1.807, 2.05) is 0 Å². The third-order valence-electron chi connectivity index (χ3n) is 4.18. The molecule has 112 valence electrons. The molecule has 3 rings (SSSR count). The van der Waals surface area contributed by atoms with Gasteiger partial charge in [-0.3, -0.25) is 4.90 Å². The third-order valence-corrected chi connectivity index (χ3v) is 5.44. The highest BCUT2D eigenvalue weighted by Crippen LogP contribution is 2.37. The van der Waals surface area contributed by atoms with E-state index in [2.05, 4.69) is 23.6 Å². The molecule has 1 atom stereocenters. The van der Waals surface area contributed by atoms with Gasteiger partial charge in [0.25, 0.3) is 0 Å². The van der Waals surface area contributed by atoms with Crippen LogP contribution in [0.15, 0.2) is 0 Å². The zero-order valence-electron chi connectivity index (χ0n) is 12.5. The molecule has 0 amide bonds. The lowest BCUT2D eigenvalue weighted by atomic mass is 10.0. The highest BCUT2D eigenvalue weighted by molar-refractivity contribution is 7.15. The molecule has 2 aliphatic rings. The Labute approximate surface area is 125 Å². The molecule has 4 nitrogen and oxygen atoms in total. The number of rotatable bonds is 3. The second-order valence-electron chi connectivity index (χ2n) is 6.40. The zero-order chi connectivity index (χ0) is 14.1. The minimum absolute atomic E-state index is 0.271. The van der Waals surface area contributed by atoms with Gasteiger partial charge in [0.2, 0.25) is 0 Å². The van der Waals surface area contributed by atoms with Crippen LogP contribution in [0.5, 0.6) is 0 Å². The first-order valence-electron chi connectivity index (χ1n) is 7.78. The first-order chi connectivity index (χ1) is 9.63. The summed E-state index contributed by atoms with van der Waals surface area (Å²) in [6.07, 6.45) is 2.74. The van der Waals surface area contributed by atoms with Crippen LogP contribution in [-0.4, -0.2) is 47.7 Å². The number of aliphatic hydroxyl groups excluding tert-OH is 1. The van der Waals surface area contributed by atoms with E-state index >= 15 is 0 Å². The highest BCUT2D eigenvalue weighted by Gasteiger charge is 2.26. The molecule has 1 fully saturated rings. The maximum absolute atomic E-state index is 10.1. The van der Waals surface area contributed by atoms with Gasteiger partial charge >= 0.3 is 0 Å². The summed E-state index contributed by atoms with van der Waals surface area (Å²) in [4.78, 5) is 10.8. The van der Waals surface area contributed by atoms with Crippen molar-refractivity contribution in [3.63, 3.8) is 0 Å². The molecule has 1 aromatic rings. The molecule has 2 heterocycles. The van der Waals surface area contributed by atoms with Crippen LogP contribution in [0.25, 0.3) is 0 Å². The quantitative estimate of drug-likeness (QED) is 0.929. The molecule has 0 spiro atoms. The number of hydrogen-bond donors (Lipinski definition) is 1. The number of nitrogens with zero attached hydrogens (tertiary/aromatic N) is 3. The molecule has 1 aliphatic heterocycles. The summed E-state index contributed by atoms with van der Waals surface area (Å²) in [5.74, 6) is 0.740. The van der Waals surface area contributed by atoms with Crippen LogP contribution >= 0.6 is 11.3 Å². The van der Waals surface area contributed by atoms with Gasteiger partial charge < -0.3 is 10.0 Å². The fourth-order valence-electron chi connectivity index (χ4n) is 3.16. The van der Waals surface area contributed by atoms with Crippen molar-refractivity contribution in [1.29, 1.82) is 0 Å². The number of fused-ring (bicyclic) bond motifs is 1. The van der Waals surface area contributed by atoms with E-state index in [1.54, 1.807) is 11.3 Å². The van der Waals surface area contributed by atoms with E-state index in [0.717, 1.165) is 67.1 Å². The molecule has 1 aliphatic carbocycles. The van der Waals surface area contributed by atoms with Gasteiger partial charge in [0, 0.05) is 32.7 Å². The standard InChI is InChI=1S/C15H25N3OS/c1-11(2)10-17-6-8-18(9-7-17)15-16-12-4-3-5-13(19)14(12)20-15/h11,13,19H,3-10H2,1-2H3. The van der Waals surface area contributed by atoms with Crippen molar-refractivity contribution in [3.05, 3.63) is 10.6 Å². The van der Waals surface area contributed by atoms with Crippen molar-refractivity contribution in [2.45, 2.75) is 39.2 Å². The van der Waals surface area contributed by atoms with Crippen molar-refractivity contribution in [2.24, 2.45) is 5.92 Å². The number of aromatic nitrogens is 1. The average molecular weight is 295 g/mol. The smallest absolute Gasteiger partial charge is 0.185 e. The van der Waals surface area contributed by atoms with Crippen LogP contribution < -0.4 is 4.90 Å². The normalized spacial score (nSPS) is 24.2. The summed E-state index contributed by atoms with van der Waals surface area (Å²) in [7, 11) is 0. The topological polar surface area (TPSA) is 39.6 Å². The van der Waals surface area contributed by atoms with Gasteiger partial charge in [0.05, 0.1) is 16.7 Å².